The highest BCUT2D eigenvalue weighted by Gasteiger charge is 2.55. The van der Waals surface area contributed by atoms with Gasteiger partial charge in [0.25, 0.3) is 0 Å². The maximum Gasteiger partial charge on any atom is 0.573 e. The van der Waals surface area contributed by atoms with E-state index in [9.17, 15) is 18.4 Å². The second-order valence-electron chi connectivity index (χ2n) is 13.2. The Morgan fingerprint density at radius 2 is 1.79 bits per heavy atom. The molecule has 7 rings (SSSR count). The Morgan fingerprint density at radius 1 is 1.07 bits per heavy atom. The molecule has 9 nitrogen and oxygen atoms in total. The van der Waals surface area contributed by atoms with Gasteiger partial charge in [0.2, 0.25) is 5.95 Å². The van der Waals surface area contributed by atoms with Crippen LogP contribution in [-0.4, -0.2) is 54.5 Å². The number of hydrogen-bond acceptors (Lipinski definition) is 9. The minimum atomic E-state index is -4.79. The molecule has 2 unspecified atom stereocenters. The van der Waals surface area contributed by atoms with Crippen LogP contribution in [0.15, 0.2) is 30.5 Å². The summed E-state index contributed by atoms with van der Waals surface area (Å²) in [5, 5.41) is 20.1. The minimum Gasteiger partial charge on any atom is -0.405 e. The van der Waals surface area contributed by atoms with Crippen LogP contribution in [0.25, 0.3) is 0 Å². The Bertz CT molecular complexity index is 1320. The van der Waals surface area contributed by atoms with Crippen LogP contribution in [0, 0.1) is 40.4 Å². The molecule has 4 saturated carbocycles. The molecular formula is C31H39F3N6O3. The first-order valence-electron chi connectivity index (χ1n) is 15.1. The third-order valence-electron chi connectivity index (χ3n) is 9.55. The van der Waals surface area contributed by atoms with Gasteiger partial charge in [0, 0.05) is 37.2 Å². The Labute approximate surface area is 249 Å². The lowest BCUT2D eigenvalue weighted by Crippen LogP contribution is -2.60. The third kappa shape index (κ3) is 7.00. The Balaban J connectivity index is 1.07. The lowest BCUT2D eigenvalue weighted by atomic mass is 9.48. The summed E-state index contributed by atoms with van der Waals surface area (Å²) >= 11 is 0. The SMILES string of the molecule is CC1(C)OCC(CNC2C3CC4CC2CC(CNc2nc(NCc5ccccc5OC(F)(F)F)ncc2C#N)(C4)C3)CO1. The predicted octanol–water partition coefficient (Wildman–Crippen LogP) is 5.45. The summed E-state index contributed by atoms with van der Waals surface area (Å²) in [4.78, 5) is 8.74. The van der Waals surface area contributed by atoms with Gasteiger partial charge in [-0.3, -0.25) is 0 Å². The maximum atomic E-state index is 12.8. The molecule has 4 aliphatic carbocycles. The highest BCUT2D eigenvalue weighted by molar-refractivity contribution is 5.53. The molecule has 5 fully saturated rings. The van der Waals surface area contributed by atoms with Crippen molar-refractivity contribution in [3.63, 3.8) is 0 Å². The van der Waals surface area contributed by atoms with E-state index in [4.69, 9.17) is 9.47 Å². The first-order chi connectivity index (χ1) is 20.5. The molecule has 1 saturated heterocycles. The monoisotopic (exact) mass is 600 g/mol. The summed E-state index contributed by atoms with van der Waals surface area (Å²) in [6.45, 7) is 6.98. The second-order valence-corrected chi connectivity index (χ2v) is 13.2. The summed E-state index contributed by atoms with van der Waals surface area (Å²) in [5.74, 6) is 2.18. The number of ether oxygens (including phenoxy) is 3. The largest absolute Gasteiger partial charge is 0.573 e. The van der Waals surface area contributed by atoms with E-state index >= 15 is 0 Å². The summed E-state index contributed by atoms with van der Waals surface area (Å²) in [6.07, 6.45) is 2.59. The zero-order chi connectivity index (χ0) is 30.2. The molecule has 12 heteroatoms. The number of aromatic nitrogens is 2. The van der Waals surface area contributed by atoms with Crippen molar-refractivity contribution in [2.45, 2.75) is 70.7 Å². The summed E-state index contributed by atoms with van der Waals surface area (Å²) < 4.78 is 54.3. The van der Waals surface area contributed by atoms with Crippen LogP contribution in [0.2, 0.25) is 0 Å². The molecule has 2 atom stereocenters. The molecule has 2 aromatic rings. The van der Waals surface area contributed by atoms with Gasteiger partial charge in [0.1, 0.15) is 23.2 Å². The highest BCUT2D eigenvalue weighted by atomic mass is 19.4. The fourth-order valence-electron chi connectivity index (χ4n) is 7.89. The van der Waals surface area contributed by atoms with Crippen molar-refractivity contribution in [2.75, 3.05) is 36.9 Å². The van der Waals surface area contributed by atoms with Gasteiger partial charge in [-0.15, -0.1) is 13.2 Å². The molecule has 2 heterocycles. The molecule has 1 aliphatic heterocycles. The van der Waals surface area contributed by atoms with Gasteiger partial charge in [-0.1, -0.05) is 18.2 Å². The number of nitrogens with zero attached hydrogens (tertiary/aromatic N) is 3. The molecule has 1 aromatic heterocycles. The van der Waals surface area contributed by atoms with Crippen molar-refractivity contribution >= 4 is 11.8 Å². The van der Waals surface area contributed by atoms with E-state index in [1.54, 1.807) is 12.1 Å². The minimum absolute atomic E-state index is 0.0256. The van der Waals surface area contributed by atoms with E-state index in [0.29, 0.717) is 54.0 Å². The molecule has 0 amide bonds. The summed E-state index contributed by atoms with van der Waals surface area (Å²) in [6, 6.07) is 8.60. The van der Waals surface area contributed by atoms with Crippen molar-refractivity contribution in [1.29, 1.82) is 5.26 Å². The average Bonchev–Trinajstić information content (AvgIpc) is 2.95. The van der Waals surface area contributed by atoms with E-state index in [-0.39, 0.29) is 23.7 Å². The van der Waals surface area contributed by atoms with Gasteiger partial charge >= 0.3 is 6.36 Å². The lowest BCUT2D eigenvalue weighted by Gasteiger charge is -2.60. The fraction of sp³-hybridized carbons (Fsp3) is 0.645. The van der Waals surface area contributed by atoms with E-state index in [0.717, 1.165) is 31.8 Å². The van der Waals surface area contributed by atoms with Crippen LogP contribution >= 0.6 is 0 Å². The van der Waals surface area contributed by atoms with E-state index < -0.39 is 12.1 Å². The Morgan fingerprint density at radius 3 is 2.49 bits per heavy atom. The topological polar surface area (TPSA) is 113 Å². The van der Waals surface area contributed by atoms with Crippen LogP contribution < -0.4 is 20.7 Å². The van der Waals surface area contributed by atoms with Crippen molar-refractivity contribution in [1.82, 2.24) is 15.3 Å². The van der Waals surface area contributed by atoms with E-state index in [2.05, 4.69) is 36.7 Å². The van der Waals surface area contributed by atoms with Crippen LogP contribution in [0.1, 0.15) is 57.1 Å². The fourth-order valence-corrected chi connectivity index (χ4v) is 7.89. The van der Waals surface area contributed by atoms with Crippen molar-refractivity contribution in [2.24, 2.45) is 29.1 Å². The lowest BCUT2D eigenvalue weighted by molar-refractivity contribution is -0.274. The number of nitrogens with one attached hydrogen (secondary N) is 3. The number of hydrogen-bond donors (Lipinski definition) is 3. The number of benzene rings is 1. The second kappa shape index (κ2) is 11.7. The normalized spacial score (nSPS) is 29.7. The van der Waals surface area contributed by atoms with Crippen LogP contribution in [0.3, 0.4) is 0 Å². The van der Waals surface area contributed by atoms with Crippen molar-refractivity contribution in [3.8, 4) is 11.8 Å². The number of alkyl halides is 3. The van der Waals surface area contributed by atoms with Gasteiger partial charge < -0.3 is 30.2 Å². The molecule has 232 valence electrons. The molecule has 3 N–H and O–H groups in total. The first kappa shape index (κ1) is 29.9. The smallest absolute Gasteiger partial charge is 0.405 e. The molecule has 4 bridgehead atoms. The van der Waals surface area contributed by atoms with Crippen molar-refractivity contribution in [3.05, 3.63) is 41.6 Å². The molecule has 43 heavy (non-hydrogen) atoms. The average molecular weight is 601 g/mol. The van der Waals surface area contributed by atoms with Gasteiger partial charge in [-0.05, 0) is 75.2 Å². The maximum absolute atomic E-state index is 12.8. The Kier molecular flexibility index (Phi) is 8.17. The zero-order valence-electron chi connectivity index (χ0n) is 24.5. The number of nitriles is 1. The van der Waals surface area contributed by atoms with Gasteiger partial charge in [-0.2, -0.15) is 10.2 Å². The molecule has 0 spiro atoms. The first-order valence-corrected chi connectivity index (χ1v) is 15.1. The predicted molar refractivity (Wildman–Crippen MR) is 153 cm³/mol. The molecule has 0 radical (unpaired) electrons. The van der Waals surface area contributed by atoms with Crippen LogP contribution in [-0.2, 0) is 16.0 Å². The molecule has 1 aromatic carbocycles. The van der Waals surface area contributed by atoms with Crippen LogP contribution in [0.4, 0.5) is 24.9 Å². The zero-order valence-corrected chi connectivity index (χ0v) is 24.5. The molecular weight excluding hydrogens is 561 g/mol. The third-order valence-corrected chi connectivity index (χ3v) is 9.55. The van der Waals surface area contributed by atoms with Gasteiger partial charge in [-0.25, -0.2) is 4.98 Å². The summed E-state index contributed by atoms with van der Waals surface area (Å²) in [5.41, 5.74) is 0.789. The Hall–Kier alpha value is -3.14. The number of rotatable bonds is 10. The van der Waals surface area contributed by atoms with Crippen LogP contribution in [0.5, 0.6) is 5.75 Å². The van der Waals surface area contributed by atoms with Crippen molar-refractivity contribution < 1.29 is 27.4 Å². The van der Waals surface area contributed by atoms with Gasteiger partial charge in [0.15, 0.2) is 5.79 Å². The quantitative estimate of drug-likeness (QED) is 0.327. The number of para-hydroxylation sites is 1. The van der Waals surface area contributed by atoms with Gasteiger partial charge in [0.05, 0.1) is 19.4 Å². The van der Waals surface area contributed by atoms with E-state index in [1.807, 2.05) is 13.8 Å². The number of anilines is 2. The number of halogens is 3. The standard InChI is InChI=1S/C31H39F3N6O3/c1-29(2)41-16-20(17-42-29)13-36-26-22-7-19-8-23(26)11-30(9-19,10-22)18-39-27-24(12-35)15-38-28(40-27)37-14-21-5-3-4-6-25(21)43-31(32,33)34/h3-6,15,19-20,22-23,26,36H,7-11,13-14,16-18H2,1-2H3,(H2,37,38,39,40). The molecule has 5 aliphatic rings. The highest BCUT2D eigenvalue weighted by Crippen LogP contribution is 2.60. The summed E-state index contributed by atoms with van der Waals surface area (Å²) in [7, 11) is 0. The van der Waals surface area contributed by atoms with E-state index in [1.165, 1.54) is 37.6 Å².